The molecule has 3 aromatic carbocycles. The Morgan fingerprint density at radius 2 is 1.00 bits per heavy atom. The van der Waals surface area contributed by atoms with Crippen molar-refractivity contribution in [2.24, 2.45) is 0 Å². The van der Waals surface area contributed by atoms with Gasteiger partial charge in [-0.3, -0.25) is 0 Å². The molecule has 0 fully saturated rings. The fraction of sp³-hybridized carbons (Fsp3) is 0. The highest BCUT2D eigenvalue weighted by molar-refractivity contribution is 5.79. The van der Waals surface area contributed by atoms with Crippen LogP contribution in [0.2, 0.25) is 0 Å². The van der Waals surface area contributed by atoms with Crippen molar-refractivity contribution < 1.29 is 0 Å². The van der Waals surface area contributed by atoms with E-state index in [-0.39, 0.29) is 0 Å². The van der Waals surface area contributed by atoms with Crippen molar-refractivity contribution in [3.8, 4) is 0 Å². The van der Waals surface area contributed by atoms with Gasteiger partial charge in [0.2, 0.25) is 0 Å². The van der Waals surface area contributed by atoms with Gasteiger partial charge in [0, 0.05) is 28.4 Å². The van der Waals surface area contributed by atoms with Crippen LogP contribution in [0.1, 0.15) is 0 Å². The first-order valence-corrected chi connectivity index (χ1v) is 6.80. The molecule has 0 heterocycles. The van der Waals surface area contributed by atoms with Crippen LogP contribution in [0.4, 0.5) is 28.4 Å². The molecule has 3 nitrogen and oxygen atoms in total. The van der Waals surface area contributed by atoms with Gasteiger partial charge in [-0.25, -0.2) is 0 Å². The molecule has 4 N–H and O–H groups in total. The molecule has 3 rings (SSSR count). The normalized spacial score (nSPS) is 10.3. The smallest absolute Gasteiger partial charge is 0.0482 e. The van der Waals surface area contributed by atoms with Crippen molar-refractivity contribution in [3.63, 3.8) is 0 Å². The van der Waals surface area contributed by atoms with E-state index in [2.05, 4.69) is 17.0 Å². The van der Waals surface area contributed by atoms with Gasteiger partial charge in [-0.05, 0) is 48.5 Å². The molecule has 0 aliphatic rings. The number of benzene rings is 3. The van der Waals surface area contributed by atoms with Crippen LogP contribution in [0.3, 0.4) is 0 Å². The average molecular weight is 275 g/mol. The van der Waals surface area contributed by atoms with E-state index >= 15 is 0 Å². The molecule has 0 saturated carbocycles. The predicted molar refractivity (Wildman–Crippen MR) is 89.9 cm³/mol. The van der Waals surface area contributed by atoms with E-state index in [0.717, 1.165) is 28.4 Å². The molecule has 0 spiro atoms. The van der Waals surface area contributed by atoms with E-state index in [1.807, 2.05) is 66.7 Å². The summed E-state index contributed by atoms with van der Waals surface area (Å²) in [5, 5.41) is 0. The Morgan fingerprint density at radius 3 is 1.48 bits per heavy atom. The molecule has 0 saturated heterocycles. The molecule has 0 unspecified atom stereocenters. The van der Waals surface area contributed by atoms with Gasteiger partial charge in [0.25, 0.3) is 0 Å². The fourth-order valence-electron chi connectivity index (χ4n) is 2.35. The Balaban J connectivity index is 2.16. The third-order valence-corrected chi connectivity index (χ3v) is 3.27. The first-order valence-electron chi connectivity index (χ1n) is 6.80. The summed E-state index contributed by atoms with van der Waals surface area (Å²) >= 11 is 0. The summed E-state index contributed by atoms with van der Waals surface area (Å²) in [6.07, 6.45) is 0. The lowest BCUT2D eigenvalue weighted by Crippen LogP contribution is -2.10. The second-order valence-electron chi connectivity index (χ2n) is 4.86. The van der Waals surface area contributed by atoms with E-state index in [4.69, 9.17) is 11.5 Å². The van der Waals surface area contributed by atoms with Gasteiger partial charge in [-0.15, -0.1) is 0 Å². The molecule has 104 valence electrons. The summed E-state index contributed by atoms with van der Waals surface area (Å²) in [6, 6.07) is 25.8. The predicted octanol–water partition coefficient (Wildman–Crippen LogP) is 4.32. The lowest BCUT2D eigenvalue weighted by molar-refractivity contribution is 1.28. The highest BCUT2D eigenvalue weighted by Gasteiger charge is 2.12. The van der Waals surface area contributed by atoms with Gasteiger partial charge in [-0.2, -0.15) is 0 Å². The number of anilines is 5. The van der Waals surface area contributed by atoms with Crippen LogP contribution < -0.4 is 16.4 Å². The average Bonchev–Trinajstić information content (AvgIpc) is 2.49. The quantitative estimate of drug-likeness (QED) is 0.700. The first-order chi connectivity index (χ1) is 10.2. The first kappa shape index (κ1) is 13.1. The molecule has 3 heteroatoms. The molecule has 0 radical (unpaired) electrons. The minimum Gasteiger partial charge on any atom is -0.399 e. The number of nitrogens with two attached hydrogens (primary N) is 2. The maximum absolute atomic E-state index is 5.93. The molecule has 0 aliphatic heterocycles. The van der Waals surface area contributed by atoms with Crippen LogP contribution in [0, 0.1) is 0 Å². The van der Waals surface area contributed by atoms with Gasteiger partial charge >= 0.3 is 0 Å². The van der Waals surface area contributed by atoms with Crippen LogP contribution in [-0.2, 0) is 0 Å². The van der Waals surface area contributed by atoms with Crippen molar-refractivity contribution in [1.82, 2.24) is 0 Å². The lowest BCUT2D eigenvalue weighted by Gasteiger charge is -2.25. The van der Waals surface area contributed by atoms with Gasteiger partial charge in [0.15, 0.2) is 0 Å². The fourth-order valence-corrected chi connectivity index (χ4v) is 2.35. The van der Waals surface area contributed by atoms with Crippen molar-refractivity contribution >= 4 is 28.4 Å². The van der Waals surface area contributed by atoms with Gasteiger partial charge in [0.05, 0.1) is 0 Å². The molecule has 0 bridgehead atoms. The van der Waals surface area contributed by atoms with Gasteiger partial charge < -0.3 is 16.4 Å². The molecular formula is C18H17N3. The number of rotatable bonds is 3. The largest absolute Gasteiger partial charge is 0.399 e. The van der Waals surface area contributed by atoms with Crippen molar-refractivity contribution in [1.29, 1.82) is 0 Å². The maximum Gasteiger partial charge on any atom is 0.0482 e. The van der Waals surface area contributed by atoms with Crippen molar-refractivity contribution in [2.75, 3.05) is 16.4 Å². The van der Waals surface area contributed by atoms with Crippen molar-refractivity contribution in [3.05, 3.63) is 78.9 Å². The Hall–Kier alpha value is -2.94. The number of nitrogens with zero attached hydrogens (tertiary/aromatic N) is 1. The minimum atomic E-state index is 0.734. The third kappa shape index (κ3) is 2.82. The molecule has 3 aromatic rings. The molecular weight excluding hydrogens is 258 g/mol. The second kappa shape index (κ2) is 5.59. The summed E-state index contributed by atoms with van der Waals surface area (Å²) in [4.78, 5) is 2.13. The summed E-state index contributed by atoms with van der Waals surface area (Å²) < 4.78 is 0. The zero-order valence-electron chi connectivity index (χ0n) is 11.6. The van der Waals surface area contributed by atoms with E-state index in [1.165, 1.54) is 0 Å². The topological polar surface area (TPSA) is 55.3 Å². The molecule has 21 heavy (non-hydrogen) atoms. The van der Waals surface area contributed by atoms with Gasteiger partial charge in [0.1, 0.15) is 0 Å². The molecule has 0 amide bonds. The van der Waals surface area contributed by atoms with E-state index in [1.54, 1.807) is 0 Å². The second-order valence-corrected chi connectivity index (χ2v) is 4.86. The number of nitrogen functional groups attached to an aromatic ring is 2. The van der Waals surface area contributed by atoms with E-state index < -0.39 is 0 Å². The third-order valence-electron chi connectivity index (χ3n) is 3.27. The Bertz CT molecular complexity index is 693. The summed E-state index contributed by atoms with van der Waals surface area (Å²) in [7, 11) is 0. The summed E-state index contributed by atoms with van der Waals surface area (Å²) in [6.45, 7) is 0. The Morgan fingerprint density at radius 1 is 0.524 bits per heavy atom. The van der Waals surface area contributed by atoms with Crippen LogP contribution in [0.25, 0.3) is 0 Å². The Labute approximate surface area is 124 Å². The summed E-state index contributed by atoms with van der Waals surface area (Å²) in [5.74, 6) is 0. The highest BCUT2D eigenvalue weighted by atomic mass is 15.1. The zero-order chi connectivity index (χ0) is 14.7. The molecule has 0 atom stereocenters. The number of hydrogen-bond donors (Lipinski definition) is 2. The summed E-state index contributed by atoms with van der Waals surface area (Å²) in [5.41, 5.74) is 16.4. The van der Waals surface area contributed by atoms with Crippen LogP contribution >= 0.6 is 0 Å². The zero-order valence-corrected chi connectivity index (χ0v) is 11.6. The van der Waals surface area contributed by atoms with Crippen molar-refractivity contribution in [2.45, 2.75) is 0 Å². The molecule has 0 aliphatic carbocycles. The monoisotopic (exact) mass is 275 g/mol. The van der Waals surface area contributed by atoms with E-state index in [9.17, 15) is 0 Å². The Kier molecular flexibility index (Phi) is 3.48. The SMILES string of the molecule is Nc1cccc(N(c2ccccc2)c2cccc(N)c2)c1. The maximum atomic E-state index is 5.93. The van der Waals surface area contributed by atoms with Crippen LogP contribution in [-0.4, -0.2) is 0 Å². The van der Waals surface area contributed by atoms with Gasteiger partial charge in [-0.1, -0.05) is 30.3 Å². The number of hydrogen-bond acceptors (Lipinski definition) is 3. The number of para-hydroxylation sites is 1. The standard InChI is InChI=1S/C18H17N3/c19-14-6-4-10-17(12-14)21(16-8-2-1-3-9-16)18-11-5-7-15(20)13-18/h1-13H,19-20H2. The van der Waals surface area contributed by atoms with Crippen LogP contribution in [0.15, 0.2) is 78.9 Å². The minimum absolute atomic E-state index is 0.734. The lowest BCUT2D eigenvalue weighted by atomic mass is 10.1. The van der Waals surface area contributed by atoms with E-state index in [0.29, 0.717) is 0 Å². The van der Waals surface area contributed by atoms with Crippen LogP contribution in [0.5, 0.6) is 0 Å². The highest BCUT2D eigenvalue weighted by Crippen LogP contribution is 2.35. The molecule has 0 aromatic heterocycles.